The maximum Gasteiger partial charge on any atom is 0.317 e. The molecule has 4 amide bonds. The van der Waals surface area contributed by atoms with Gasteiger partial charge in [-0.1, -0.05) is 30.7 Å². The minimum Gasteiger partial charge on any atom is -0.399 e. The Morgan fingerprint density at radius 2 is 1.69 bits per heavy atom. The molecule has 1 unspecified atom stereocenters. The standard InChI is InChI=1S/C24H26ClFN4O.C13H16N2O2/c25-18-1-6-23-21(15-18)22(16-30(23)20-4-2-19(26)3-5-20)17-7-10-28(11-8-17)13-14-29-12-9-27-24(29)31;1-2-13(8-7-11(16)15-12(13)17)9-3-5-10(14)6-4-9/h1-6,15-17H,7-14H2,(H,27,31);3-6H,2,7-8,14H2,1H3,(H,15,16,17). The van der Waals surface area contributed by atoms with Crippen molar-refractivity contribution in [3.05, 3.63) is 94.9 Å². The number of hydrogen-bond donors (Lipinski definition) is 3. The van der Waals surface area contributed by atoms with Crippen LogP contribution in [0, 0.1) is 5.82 Å². The van der Waals surface area contributed by atoms with Crippen LogP contribution in [0.5, 0.6) is 0 Å². The van der Waals surface area contributed by atoms with E-state index in [2.05, 4.69) is 26.3 Å². The molecule has 3 aromatic carbocycles. The number of benzene rings is 3. The van der Waals surface area contributed by atoms with Crippen molar-refractivity contribution in [2.24, 2.45) is 0 Å². The van der Waals surface area contributed by atoms with Gasteiger partial charge in [0.2, 0.25) is 11.8 Å². The van der Waals surface area contributed by atoms with Crippen LogP contribution >= 0.6 is 11.6 Å². The van der Waals surface area contributed by atoms with Gasteiger partial charge in [0.1, 0.15) is 5.82 Å². The average Bonchev–Trinajstić information content (AvgIpc) is 3.68. The van der Waals surface area contributed by atoms with Gasteiger partial charge in [-0.05, 0) is 110 Å². The molecule has 0 aliphatic carbocycles. The molecule has 0 bridgehead atoms. The Bertz CT molecular complexity index is 1790. The number of carbonyl (C=O) groups is 3. The molecule has 1 atom stereocenters. The molecular formula is C37H42ClFN6O3. The van der Waals surface area contributed by atoms with Crippen molar-refractivity contribution in [2.45, 2.75) is 50.4 Å². The first-order valence-electron chi connectivity index (χ1n) is 16.7. The van der Waals surface area contributed by atoms with Crippen LogP contribution in [-0.2, 0) is 15.0 Å². The Morgan fingerprint density at radius 1 is 0.958 bits per heavy atom. The Hall–Kier alpha value is -4.41. The van der Waals surface area contributed by atoms with Crippen molar-refractivity contribution in [1.82, 2.24) is 25.0 Å². The summed E-state index contributed by atoms with van der Waals surface area (Å²) in [4.78, 5) is 39.4. The van der Waals surface area contributed by atoms with Crippen LogP contribution < -0.4 is 16.4 Å². The molecule has 0 saturated carbocycles. The minimum absolute atomic E-state index is 0.0559. The van der Waals surface area contributed by atoms with Crippen LogP contribution in [0.25, 0.3) is 16.6 Å². The summed E-state index contributed by atoms with van der Waals surface area (Å²) < 4.78 is 15.6. The Labute approximate surface area is 285 Å². The topological polar surface area (TPSA) is 113 Å². The molecule has 3 aliphatic heterocycles. The van der Waals surface area contributed by atoms with Gasteiger partial charge in [0.25, 0.3) is 0 Å². The molecule has 0 spiro atoms. The number of nitrogens with two attached hydrogens (primary N) is 1. The molecule has 252 valence electrons. The lowest BCUT2D eigenvalue weighted by molar-refractivity contribution is -0.138. The summed E-state index contributed by atoms with van der Waals surface area (Å²) >= 11 is 6.34. The van der Waals surface area contributed by atoms with Gasteiger partial charge < -0.3 is 25.4 Å². The second-order valence-corrected chi connectivity index (χ2v) is 13.3. The van der Waals surface area contributed by atoms with Gasteiger partial charge >= 0.3 is 6.03 Å². The molecule has 1 aromatic heterocycles. The molecule has 7 rings (SSSR count). The number of urea groups is 1. The van der Waals surface area contributed by atoms with Crippen molar-refractivity contribution in [1.29, 1.82) is 0 Å². The second kappa shape index (κ2) is 14.4. The van der Waals surface area contributed by atoms with Gasteiger partial charge in [-0.3, -0.25) is 14.9 Å². The predicted octanol–water partition coefficient (Wildman–Crippen LogP) is 5.98. The minimum atomic E-state index is -0.582. The highest BCUT2D eigenvalue weighted by Crippen LogP contribution is 2.38. The molecule has 4 heterocycles. The number of rotatable bonds is 7. The molecule has 4 aromatic rings. The summed E-state index contributed by atoms with van der Waals surface area (Å²) in [6, 6.07) is 20.0. The van der Waals surface area contributed by atoms with Crippen LogP contribution in [0.2, 0.25) is 5.02 Å². The van der Waals surface area contributed by atoms with Crippen molar-refractivity contribution < 1.29 is 18.8 Å². The van der Waals surface area contributed by atoms with Crippen molar-refractivity contribution in [2.75, 3.05) is 45.0 Å². The number of imide groups is 1. The Balaban J connectivity index is 0.000000200. The molecule has 3 saturated heterocycles. The van der Waals surface area contributed by atoms with Crippen LogP contribution in [-0.4, -0.2) is 71.5 Å². The number of carbonyl (C=O) groups excluding carboxylic acids is 3. The highest BCUT2D eigenvalue weighted by Gasteiger charge is 2.42. The van der Waals surface area contributed by atoms with Gasteiger partial charge in [0.05, 0.1) is 10.9 Å². The van der Waals surface area contributed by atoms with Crippen LogP contribution in [0.4, 0.5) is 14.9 Å². The molecule has 0 radical (unpaired) electrons. The molecule has 11 heteroatoms. The van der Waals surface area contributed by atoms with Gasteiger partial charge in [0.15, 0.2) is 0 Å². The van der Waals surface area contributed by atoms with Crippen molar-refractivity contribution in [3.63, 3.8) is 0 Å². The summed E-state index contributed by atoms with van der Waals surface area (Å²) in [5.41, 5.74) is 10.0. The van der Waals surface area contributed by atoms with E-state index < -0.39 is 5.41 Å². The first kappa shape index (κ1) is 33.5. The average molecular weight is 673 g/mol. The van der Waals surface area contributed by atoms with E-state index in [0.29, 0.717) is 30.9 Å². The number of nitrogen functional groups attached to an aromatic ring is 1. The van der Waals surface area contributed by atoms with Crippen molar-refractivity contribution >= 4 is 46.0 Å². The van der Waals surface area contributed by atoms with E-state index in [0.717, 1.165) is 73.9 Å². The molecular weight excluding hydrogens is 631 g/mol. The number of nitrogens with zero attached hydrogens (tertiary/aromatic N) is 3. The lowest BCUT2D eigenvalue weighted by Crippen LogP contribution is -2.51. The molecule has 3 aliphatic rings. The highest BCUT2D eigenvalue weighted by atomic mass is 35.5. The third kappa shape index (κ3) is 7.05. The van der Waals surface area contributed by atoms with E-state index in [4.69, 9.17) is 17.3 Å². The Morgan fingerprint density at radius 3 is 2.33 bits per heavy atom. The zero-order valence-corrected chi connectivity index (χ0v) is 27.9. The van der Waals surface area contributed by atoms with Crippen LogP contribution in [0.15, 0.2) is 72.9 Å². The predicted molar refractivity (Wildman–Crippen MR) is 187 cm³/mol. The smallest absolute Gasteiger partial charge is 0.317 e. The fourth-order valence-electron chi connectivity index (χ4n) is 7.19. The quantitative estimate of drug-likeness (QED) is 0.165. The van der Waals surface area contributed by atoms with E-state index in [1.807, 2.05) is 54.3 Å². The number of piperidine rings is 2. The SMILES string of the molecule is CCC1(c2ccc(N)cc2)CCC(=O)NC1=O.O=C1NCCN1CCN1CCC(c2cn(-c3ccc(F)cc3)c3ccc(Cl)cc23)CC1. The number of nitrogens with one attached hydrogen (secondary N) is 2. The summed E-state index contributed by atoms with van der Waals surface area (Å²) in [6.45, 7) is 7.26. The third-order valence-corrected chi connectivity index (χ3v) is 10.3. The van der Waals surface area contributed by atoms with Gasteiger partial charge in [-0.15, -0.1) is 0 Å². The largest absolute Gasteiger partial charge is 0.399 e. The number of anilines is 1. The van der Waals surface area contributed by atoms with Gasteiger partial charge in [-0.25, -0.2) is 9.18 Å². The zero-order chi connectivity index (χ0) is 33.8. The number of halogens is 2. The monoisotopic (exact) mass is 672 g/mol. The Kier molecular flexibility index (Phi) is 10.0. The molecule has 48 heavy (non-hydrogen) atoms. The number of aromatic nitrogens is 1. The van der Waals surface area contributed by atoms with E-state index in [1.165, 1.54) is 23.1 Å². The third-order valence-electron chi connectivity index (χ3n) is 10.1. The molecule has 4 N–H and O–H groups in total. The fourth-order valence-corrected chi connectivity index (χ4v) is 7.36. The van der Waals surface area contributed by atoms with Gasteiger partial charge in [-0.2, -0.15) is 0 Å². The first-order valence-corrected chi connectivity index (χ1v) is 17.1. The molecule has 9 nitrogen and oxygen atoms in total. The molecule has 3 fully saturated rings. The van der Waals surface area contributed by atoms with E-state index in [-0.39, 0.29) is 23.7 Å². The van der Waals surface area contributed by atoms with Crippen LogP contribution in [0.3, 0.4) is 0 Å². The fraction of sp³-hybridized carbons (Fsp3) is 0.378. The highest BCUT2D eigenvalue weighted by molar-refractivity contribution is 6.31. The maximum atomic E-state index is 13.4. The lowest BCUT2D eigenvalue weighted by Gasteiger charge is -2.34. The normalized spacial score (nSPS) is 20.4. The summed E-state index contributed by atoms with van der Waals surface area (Å²) in [5, 5.41) is 7.18. The summed E-state index contributed by atoms with van der Waals surface area (Å²) in [6.07, 6.45) is 5.98. The van der Waals surface area contributed by atoms with E-state index in [1.54, 1.807) is 12.1 Å². The van der Waals surface area contributed by atoms with E-state index >= 15 is 0 Å². The van der Waals surface area contributed by atoms with Gasteiger partial charge in [0, 0.05) is 60.6 Å². The summed E-state index contributed by atoms with van der Waals surface area (Å²) in [5.74, 6) is -0.160. The first-order chi connectivity index (χ1) is 23.2. The number of amides is 4. The summed E-state index contributed by atoms with van der Waals surface area (Å²) in [7, 11) is 0. The number of fused-ring (bicyclic) bond motifs is 1. The number of hydrogen-bond acceptors (Lipinski definition) is 5. The second-order valence-electron chi connectivity index (χ2n) is 12.9. The number of likely N-dealkylation sites (tertiary alicyclic amines) is 1. The maximum absolute atomic E-state index is 13.4. The lowest BCUT2D eigenvalue weighted by atomic mass is 9.72. The van der Waals surface area contributed by atoms with E-state index in [9.17, 15) is 18.8 Å². The van der Waals surface area contributed by atoms with Crippen molar-refractivity contribution in [3.8, 4) is 5.69 Å². The zero-order valence-electron chi connectivity index (χ0n) is 27.2. The van der Waals surface area contributed by atoms with Crippen LogP contribution in [0.1, 0.15) is 56.1 Å².